The van der Waals surface area contributed by atoms with Gasteiger partial charge < -0.3 is 4.74 Å². The van der Waals surface area contributed by atoms with Crippen LogP contribution in [0.2, 0.25) is 5.02 Å². The first kappa shape index (κ1) is 16.6. The second-order valence-electron chi connectivity index (χ2n) is 6.07. The van der Waals surface area contributed by atoms with Crippen molar-refractivity contribution in [3.63, 3.8) is 0 Å². The van der Waals surface area contributed by atoms with E-state index in [0.717, 1.165) is 16.8 Å². The van der Waals surface area contributed by atoms with Crippen molar-refractivity contribution in [2.45, 2.75) is 5.92 Å². The minimum Gasteiger partial charge on any atom is -0.495 e. The van der Waals surface area contributed by atoms with E-state index in [9.17, 15) is 4.79 Å². The van der Waals surface area contributed by atoms with Crippen LogP contribution in [0.5, 0.6) is 5.75 Å². The first-order valence-electron chi connectivity index (χ1n) is 8.29. The molecule has 0 aromatic heterocycles. The van der Waals surface area contributed by atoms with Crippen molar-refractivity contribution in [3.05, 3.63) is 94.5 Å². The van der Waals surface area contributed by atoms with Gasteiger partial charge in [-0.3, -0.25) is 9.79 Å². The Hall–Kier alpha value is -2.91. The van der Waals surface area contributed by atoms with Crippen molar-refractivity contribution in [1.82, 2.24) is 0 Å². The van der Waals surface area contributed by atoms with Crippen molar-refractivity contribution < 1.29 is 9.53 Å². The summed E-state index contributed by atoms with van der Waals surface area (Å²) in [5.41, 5.74) is 3.96. The fraction of sp³-hybridized carbons (Fsp3) is 0.0909. The second-order valence-corrected chi connectivity index (χ2v) is 6.48. The minimum absolute atomic E-state index is 0.0742. The van der Waals surface area contributed by atoms with Crippen molar-refractivity contribution in [2.24, 2.45) is 4.99 Å². The van der Waals surface area contributed by atoms with Gasteiger partial charge in [-0.05, 0) is 23.8 Å². The largest absolute Gasteiger partial charge is 0.495 e. The maximum absolute atomic E-state index is 13.0. The monoisotopic (exact) mass is 361 g/mol. The van der Waals surface area contributed by atoms with Crippen LogP contribution >= 0.6 is 11.6 Å². The molecule has 1 atom stereocenters. The molecule has 0 fully saturated rings. The molecule has 3 nitrogen and oxygen atoms in total. The van der Waals surface area contributed by atoms with E-state index in [-0.39, 0.29) is 5.78 Å². The first-order valence-corrected chi connectivity index (χ1v) is 8.67. The quantitative estimate of drug-likeness (QED) is 0.622. The Morgan fingerprint density at radius 2 is 1.62 bits per heavy atom. The zero-order valence-corrected chi connectivity index (χ0v) is 14.9. The Kier molecular flexibility index (Phi) is 4.31. The molecule has 0 heterocycles. The van der Waals surface area contributed by atoms with Crippen LogP contribution in [-0.2, 0) is 0 Å². The number of fused-ring (bicyclic) bond motifs is 1. The van der Waals surface area contributed by atoms with Crippen LogP contribution in [0.15, 0.2) is 77.8 Å². The van der Waals surface area contributed by atoms with Gasteiger partial charge in [0.15, 0.2) is 5.78 Å². The van der Waals surface area contributed by atoms with Gasteiger partial charge in [0.2, 0.25) is 0 Å². The molecule has 0 spiro atoms. The summed E-state index contributed by atoms with van der Waals surface area (Å²) >= 11 is 6.24. The molecule has 0 saturated heterocycles. The van der Waals surface area contributed by atoms with Crippen LogP contribution in [-0.4, -0.2) is 18.6 Å². The molecular formula is C22H16ClNO2. The number of ether oxygens (including phenoxy) is 1. The van der Waals surface area contributed by atoms with Crippen molar-refractivity contribution in [2.75, 3.05) is 7.11 Å². The van der Waals surface area contributed by atoms with Gasteiger partial charge in [0.05, 0.1) is 29.4 Å². The number of Topliss-reactive ketones (excluding diaryl/α,β-unsaturated/α-hetero) is 1. The number of nitrogens with zero attached hydrogens (tertiary/aromatic N) is 1. The third kappa shape index (κ3) is 2.80. The molecule has 26 heavy (non-hydrogen) atoms. The summed E-state index contributed by atoms with van der Waals surface area (Å²) in [6.07, 6.45) is 0. The van der Waals surface area contributed by atoms with Crippen molar-refractivity contribution >= 4 is 28.8 Å². The van der Waals surface area contributed by atoms with E-state index in [1.165, 1.54) is 0 Å². The van der Waals surface area contributed by atoms with E-state index in [1.807, 2.05) is 60.7 Å². The summed E-state index contributed by atoms with van der Waals surface area (Å²) in [7, 11) is 1.57. The van der Waals surface area contributed by atoms with Gasteiger partial charge >= 0.3 is 0 Å². The standard InChI is InChI=1S/C22H16ClNO2/c1-26-19-12-11-15(13-18(19)23)24-21-16-9-5-6-10-17(16)22(25)20(21)14-7-3-2-4-8-14/h2-13,20H,1H3. The Balaban J connectivity index is 1.88. The third-order valence-electron chi connectivity index (χ3n) is 4.52. The van der Waals surface area contributed by atoms with Gasteiger partial charge in [0, 0.05) is 11.1 Å². The summed E-state index contributed by atoms with van der Waals surface area (Å²) in [5, 5.41) is 0.489. The average molecular weight is 362 g/mol. The lowest BCUT2D eigenvalue weighted by Gasteiger charge is -2.11. The van der Waals surface area contributed by atoms with E-state index in [2.05, 4.69) is 0 Å². The van der Waals surface area contributed by atoms with Gasteiger partial charge in [0.1, 0.15) is 5.75 Å². The van der Waals surface area contributed by atoms with Crippen LogP contribution in [0.3, 0.4) is 0 Å². The van der Waals surface area contributed by atoms with E-state index < -0.39 is 5.92 Å². The summed E-state index contributed by atoms with van der Waals surface area (Å²) in [6.45, 7) is 0. The van der Waals surface area contributed by atoms with E-state index >= 15 is 0 Å². The maximum Gasteiger partial charge on any atom is 0.176 e. The number of methoxy groups -OCH3 is 1. The normalized spacial score (nSPS) is 17.4. The number of halogens is 1. The lowest BCUT2D eigenvalue weighted by atomic mass is 9.93. The SMILES string of the molecule is COc1ccc(N=C2c3ccccc3C(=O)C2c2ccccc2)cc1Cl. The fourth-order valence-electron chi connectivity index (χ4n) is 3.30. The van der Waals surface area contributed by atoms with Crippen LogP contribution in [0.1, 0.15) is 27.4 Å². The molecule has 0 aliphatic heterocycles. The van der Waals surface area contributed by atoms with Gasteiger partial charge in [-0.25, -0.2) is 0 Å². The molecule has 1 unspecified atom stereocenters. The van der Waals surface area contributed by atoms with Crippen LogP contribution < -0.4 is 4.74 Å². The lowest BCUT2D eigenvalue weighted by molar-refractivity contribution is 0.0988. The van der Waals surface area contributed by atoms with E-state index in [0.29, 0.717) is 22.0 Å². The highest BCUT2D eigenvalue weighted by atomic mass is 35.5. The predicted octanol–water partition coefficient (Wildman–Crippen LogP) is 5.45. The lowest BCUT2D eigenvalue weighted by Crippen LogP contribution is -2.13. The molecule has 4 rings (SSSR count). The van der Waals surface area contributed by atoms with Crippen LogP contribution in [0.25, 0.3) is 0 Å². The number of aliphatic imine (C=N–C) groups is 1. The number of rotatable bonds is 3. The second kappa shape index (κ2) is 6.77. The minimum atomic E-state index is -0.408. The Bertz CT molecular complexity index is 1010. The van der Waals surface area contributed by atoms with Gasteiger partial charge in [-0.2, -0.15) is 0 Å². The topological polar surface area (TPSA) is 38.7 Å². The van der Waals surface area contributed by atoms with E-state index in [1.54, 1.807) is 19.2 Å². The molecule has 1 aliphatic carbocycles. The molecule has 128 valence electrons. The molecule has 0 radical (unpaired) electrons. The first-order chi connectivity index (χ1) is 12.7. The molecule has 4 heteroatoms. The molecule has 1 aliphatic rings. The molecule has 0 bridgehead atoms. The fourth-order valence-corrected chi connectivity index (χ4v) is 3.55. The highest BCUT2D eigenvalue weighted by Gasteiger charge is 2.37. The molecule has 3 aromatic rings. The summed E-state index contributed by atoms with van der Waals surface area (Å²) in [5.74, 6) is 0.262. The number of hydrogen-bond donors (Lipinski definition) is 0. The maximum atomic E-state index is 13.0. The molecule has 0 saturated carbocycles. The van der Waals surface area contributed by atoms with Crippen molar-refractivity contribution in [3.8, 4) is 5.75 Å². The molecule has 3 aromatic carbocycles. The smallest absolute Gasteiger partial charge is 0.176 e. The highest BCUT2D eigenvalue weighted by Crippen LogP contribution is 2.37. The van der Waals surface area contributed by atoms with Gasteiger partial charge in [-0.15, -0.1) is 0 Å². The number of hydrogen-bond acceptors (Lipinski definition) is 3. The average Bonchev–Trinajstić information content (AvgIpc) is 2.95. The van der Waals surface area contributed by atoms with E-state index in [4.69, 9.17) is 21.3 Å². The zero-order chi connectivity index (χ0) is 18.1. The molecular weight excluding hydrogens is 346 g/mol. The number of carbonyl (C=O) groups is 1. The highest BCUT2D eigenvalue weighted by molar-refractivity contribution is 6.33. The number of carbonyl (C=O) groups excluding carboxylic acids is 1. The van der Waals surface area contributed by atoms with Gasteiger partial charge in [0.25, 0.3) is 0 Å². The summed E-state index contributed by atoms with van der Waals surface area (Å²) in [6, 6.07) is 22.7. The third-order valence-corrected chi connectivity index (χ3v) is 4.82. The zero-order valence-electron chi connectivity index (χ0n) is 14.1. The Labute approximate surface area is 156 Å². The summed E-state index contributed by atoms with van der Waals surface area (Å²) in [4.78, 5) is 17.8. The van der Waals surface area contributed by atoms with Crippen LogP contribution in [0, 0.1) is 0 Å². The predicted molar refractivity (Wildman–Crippen MR) is 104 cm³/mol. The van der Waals surface area contributed by atoms with Gasteiger partial charge in [-0.1, -0.05) is 66.2 Å². The number of benzene rings is 3. The Morgan fingerprint density at radius 3 is 2.31 bits per heavy atom. The summed E-state index contributed by atoms with van der Waals surface area (Å²) < 4.78 is 5.20. The Morgan fingerprint density at radius 1 is 0.923 bits per heavy atom. The number of ketones is 1. The van der Waals surface area contributed by atoms with Crippen molar-refractivity contribution in [1.29, 1.82) is 0 Å². The molecule has 0 N–H and O–H groups in total. The van der Waals surface area contributed by atoms with Crippen LogP contribution in [0.4, 0.5) is 5.69 Å². The molecule has 0 amide bonds.